The molecule has 3 rings (SSSR count). The van der Waals surface area contributed by atoms with Gasteiger partial charge < -0.3 is 10.3 Å². The van der Waals surface area contributed by atoms with Gasteiger partial charge in [-0.15, -0.1) is 11.8 Å². The highest BCUT2D eigenvalue weighted by Crippen LogP contribution is 2.34. The largest absolute Gasteiger partial charge is 0.339 e. The first-order valence-electron chi connectivity index (χ1n) is 7.16. The molecule has 21 heavy (non-hydrogen) atoms. The lowest BCUT2D eigenvalue weighted by atomic mass is 9.99. The molecule has 0 saturated heterocycles. The Labute approximate surface area is 127 Å². The zero-order valence-corrected chi connectivity index (χ0v) is 12.5. The van der Waals surface area contributed by atoms with Gasteiger partial charge in [-0.1, -0.05) is 18.0 Å². The normalized spacial score (nSPS) is 17.2. The molecule has 1 aromatic carbocycles. The van der Waals surface area contributed by atoms with E-state index in [0.717, 1.165) is 36.3 Å². The first-order chi connectivity index (χ1) is 10.2. The summed E-state index contributed by atoms with van der Waals surface area (Å²) in [6.45, 7) is 0. The maximum atomic E-state index is 12.8. The van der Waals surface area contributed by atoms with Gasteiger partial charge in [0.25, 0.3) is 0 Å². The molecule has 1 aliphatic rings. The summed E-state index contributed by atoms with van der Waals surface area (Å²) in [7, 11) is 0. The van der Waals surface area contributed by atoms with Crippen molar-refractivity contribution >= 4 is 11.8 Å². The lowest BCUT2D eigenvalue weighted by Crippen LogP contribution is -2.34. The third kappa shape index (κ3) is 3.44. The Balaban J connectivity index is 1.54. The highest BCUT2D eigenvalue weighted by molar-refractivity contribution is 7.99. The van der Waals surface area contributed by atoms with Crippen molar-refractivity contribution in [3.8, 4) is 0 Å². The number of aromatic nitrogens is 2. The van der Waals surface area contributed by atoms with Gasteiger partial charge in [0.05, 0.1) is 5.54 Å². The van der Waals surface area contributed by atoms with Crippen molar-refractivity contribution in [2.75, 3.05) is 5.75 Å². The molecule has 2 N–H and O–H groups in total. The van der Waals surface area contributed by atoms with Crippen LogP contribution in [0.2, 0.25) is 0 Å². The number of halogens is 1. The number of nitrogens with two attached hydrogens (primary N) is 1. The van der Waals surface area contributed by atoms with Crippen molar-refractivity contribution < 1.29 is 8.91 Å². The minimum atomic E-state index is -0.397. The highest BCUT2D eigenvalue weighted by atomic mass is 32.2. The summed E-state index contributed by atoms with van der Waals surface area (Å²) >= 11 is 1.64. The molecule has 1 fully saturated rings. The average molecular weight is 307 g/mol. The second-order valence-corrected chi connectivity index (χ2v) is 6.60. The van der Waals surface area contributed by atoms with Crippen molar-refractivity contribution in [1.82, 2.24) is 10.1 Å². The van der Waals surface area contributed by atoms with Crippen molar-refractivity contribution in [3.63, 3.8) is 0 Å². The number of hydrogen-bond donors (Lipinski definition) is 1. The number of nitrogens with zero attached hydrogens (tertiary/aromatic N) is 2. The third-order valence-electron chi connectivity index (χ3n) is 3.81. The minimum absolute atomic E-state index is 0.217. The van der Waals surface area contributed by atoms with Gasteiger partial charge in [-0.2, -0.15) is 4.98 Å². The number of hydrogen-bond acceptors (Lipinski definition) is 5. The summed E-state index contributed by atoms with van der Waals surface area (Å²) in [4.78, 5) is 5.46. The van der Waals surface area contributed by atoms with Gasteiger partial charge in [-0.25, -0.2) is 4.39 Å². The van der Waals surface area contributed by atoms with E-state index in [0.29, 0.717) is 18.1 Å². The van der Waals surface area contributed by atoms with E-state index in [2.05, 4.69) is 10.1 Å². The molecular weight excluding hydrogens is 289 g/mol. The summed E-state index contributed by atoms with van der Waals surface area (Å²) in [6, 6.07) is 6.47. The van der Waals surface area contributed by atoms with Crippen molar-refractivity contribution in [2.24, 2.45) is 5.73 Å². The van der Waals surface area contributed by atoms with Crippen LogP contribution >= 0.6 is 11.8 Å². The summed E-state index contributed by atoms with van der Waals surface area (Å²) in [5, 5.41) is 4.04. The number of rotatable bonds is 5. The van der Waals surface area contributed by atoms with Crippen LogP contribution in [0, 0.1) is 5.82 Å². The van der Waals surface area contributed by atoms with Crippen LogP contribution in [-0.4, -0.2) is 15.9 Å². The molecule has 0 unspecified atom stereocenters. The van der Waals surface area contributed by atoms with Crippen LogP contribution in [0.15, 0.2) is 33.7 Å². The Morgan fingerprint density at radius 1 is 1.24 bits per heavy atom. The Kier molecular flexibility index (Phi) is 4.26. The van der Waals surface area contributed by atoms with Gasteiger partial charge in [-0.3, -0.25) is 0 Å². The second kappa shape index (κ2) is 6.15. The van der Waals surface area contributed by atoms with Crippen molar-refractivity contribution in [1.29, 1.82) is 0 Å². The Morgan fingerprint density at radius 2 is 1.95 bits per heavy atom. The minimum Gasteiger partial charge on any atom is -0.339 e. The van der Waals surface area contributed by atoms with E-state index in [4.69, 9.17) is 10.3 Å². The number of aryl methyl sites for hydroxylation is 1. The summed E-state index contributed by atoms with van der Waals surface area (Å²) in [5.74, 6) is 1.86. The van der Waals surface area contributed by atoms with E-state index >= 15 is 0 Å². The van der Waals surface area contributed by atoms with Gasteiger partial charge in [0, 0.05) is 17.1 Å². The molecule has 1 aliphatic carbocycles. The summed E-state index contributed by atoms with van der Waals surface area (Å²) < 4.78 is 18.1. The van der Waals surface area contributed by atoms with Gasteiger partial charge in [0.1, 0.15) is 5.82 Å². The average Bonchev–Trinajstić information content (AvgIpc) is 3.11. The smallest absolute Gasteiger partial charge is 0.227 e. The zero-order chi connectivity index (χ0) is 14.7. The number of benzene rings is 1. The molecule has 0 amide bonds. The zero-order valence-electron chi connectivity index (χ0n) is 11.7. The molecule has 0 radical (unpaired) electrons. The van der Waals surface area contributed by atoms with Crippen LogP contribution in [0.5, 0.6) is 0 Å². The van der Waals surface area contributed by atoms with Crippen LogP contribution in [0.4, 0.5) is 4.39 Å². The molecule has 0 bridgehead atoms. The topological polar surface area (TPSA) is 64.9 Å². The first-order valence-corrected chi connectivity index (χ1v) is 8.15. The Hall–Kier alpha value is -1.40. The molecule has 1 heterocycles. The van der Waals surface area contributed by atoms with E-state index in [-0.39, 0.29) is 5.82 Å². The molecule has 2 aromatic rings. The SMILES string of the molecule is NC1(c2noc(CCSc3ccc(F)cc3)n2)CCCC1. The van der Waals surface area contributed by atoms with E-state index in [1.54, 1.807) is 23.9 Å². The molecule has 0 aliphatic heterocycles. The fraction of sp³-hybridized carbons (Fsp3) is 0.467. The van der Waals surface area contributed by atoms with Gasteiger partial charge in [0.15, 0.2) is 5.82 Å². The van der Waals surface area contributed by atoms with E-state index < -0.39 is 5.54 Å². The van der Waals surface area contributed by atoms with Crippen LogP contribution < -0.4 is 5.73 Å². The lowest BCUT2D eigenvalue weighted by Gasteiger charge is -2.17. The monoisotopic (exact) mass is 307 g/mol. The molecule has 1 saturated carbocycles. The maximum Gasteiger partial charge on any atom is 0.227 e. The molecule has 0 atom stereocenters. The van der Waals surface area contributed by atoms with E-state index in [1.807, 2.05) is 0 Å². The fourth-order valence-electron chi connectivity index (χ4n) is 2.58. The molecule has 1 aromatic heterocycles. The highest BCUT2D eigenvalue weighted by Gasteiger charge is 2.35. The molecular formula is C15H18FN3OS. The quantitative estimate of drug-likeness (QED) is 0.859. The van der Waals surface area contributed by atoms with Gasteiger partial charge in [0.2, 0.25) is 5.89 Å². The third-order valence-corrected chi connectivity index (χ3v) is 4.82. The van der Waals surface area contributed by atoms with Crippen LogP contribution in [0.1, 0.15) is 37.4 Å². The predicted octanol–water partition coefficient (Wildman–Crippen LogP) is 3.27. The van der Waals surface area contributed by atoms with E-state index in [1.165, 1.54) is 12.1 Å². The fourth-order valence-corrected chi connectivity index (χ4v) is 3.42. The van der Waals surface area contributed by atoms with Gasteiger partial charge >= 0.3 is 0 Å². The second-order valence-electron chi connectivity index (χ2n) is 5.43. The predicted molar refractivity (Wildman–Crippen MR) is 79.5 cm³/mol. The Bertz CT molecular complexity index is 593. The standard InChI is InChI=1S/C15H18FN3OS/c16-11-3-5-12(6-4-11)21-10-7-13-18-14(19-20-13)15(17)8-1-2-9-15/h3-6H,1-2,7-10,17H2. The molecule has 4 nitrogen and oxygen atoms in total. The molecule has 6 heteroatoms. The van der Waals surface area contributed by atoms with Crippen molar-refractivity contribution in [3.05, 3.63) is 41.8 Å². The number of thioether (sulfide) groups is 1. The molecule has 112 valence electrons. The molecule has 0 spiro atoms. The van der Waals surface area contributed by atoms with Crippen molar-refractivity contribution in [2.45, 2.75) is 42.5 Å². The summed E-state index contributed by atoms with van der Waals surface area (Å²) in [6.07, 6.45) is 4.79. The van der Waals surface area contributed by atoms with Crippen LogP contribution in [0.3, 0.4) is 0 Å². The van der Waals surface area contributed by atoms with Gasteiger partial charge in [-0.05, 0) is 37.1 Å². The first kappa shape index (κ1) is 14.5. The lowest BCUT2D eigenvalue weighted by molar-refractivity contribution is 0.351. The van der Waals surface area contributed by atoms with E-state index in [9.17, 15) is 4.39 Å². The maximum absolute atomic E-state index is 12.8. The summed E-state index contributed by atoms with van der Waals surface area (Å²) in [5.41, 5.74) is 5.90. The Morgan fingerprint density at radius 3 is 2.67 bits per heavy atom. The van der Waals surface area contributed by atoms with Crippen LogP contribution in [0.25, 0.3) is 0 Å². The van der Waals surface area contributed by atoms with Crippen LogP contribution in [-0.2, 0) is 12.0 Å².